The standard InChI is InChI=1S/C10H21N3O/c1-7(11)9-5-3-4-6-13(9)10(14)8(2)12/h7-9H,3-6,11-12H2,1-2H3. The average molecular weight is 199 g/mol. The quantitative estimate of drug-likeness (QED) is 0.660. The molecule has 0 aromatic carbocycles. The van der Waals surface area contributed by atoms with Gasteiger partial charge >= 0.3 is 0 Å². The first-order valence-electron chi connectivity index (χ1n) is 5.35. The van der Waals surface area contributed by atoms with E-state index >= 15 is 0 Å². The monoisotopic (exact) mass is 199 g/mol. The number of likely N-dealkylation sites (tertiary alicyclic amines) is 1. The second-order valence-corrected chi connectivity index (χ2v) is 4.24. The summed E-state index contributed by atoms with van der Waals surface area (Å²) in [6.45, 7) is 4.50. The molecule has 0 radical (unpaired) electrons. The molecule has 1 aliphatic rings. The minimum atomic E-state index is -0.408. The van der Waals surface area contributed by atoms with Crippen LogP contribution < -0.4 is 11.5 Å². The van der Waals surface area contributed by atoms with Gasteiger partial charge < -0.3 is 16.4 Å². The molecular weight excluding hydrogens is 178 g/mol. The smallest absolute Gasteiger partial charge is 0.239 e. The molecule has 0 bridgehead atoms. The second-order valence-electron chi connectivity index (χ2n) is 4.24. The zero-order chi connectivity index (χ0) is 10.7. The molecule has 4 N–H and O–H groups in total. The van der Waals surface area contributed by atoms with E-state index in [4.69, 9.17) is 11.5 Å². The van der Waals surface area contributed by atoms with Gasteiger partial charge in [-0.2, -0.15) is 0 Å². The summed E-state index contributed by atoms with van der Waals surface area (Å²) in [5.41, 5.74) is 11.5. The van der Waals surface area contributed by atoms with Crippen LogP contribution >= 0.6 is 0 Å². The van der Waals surface area contributed by atoms with E-state index in [1.54, 1.807) is 6.92 Å². The van der Waals surface area contributed by atoms with Gasteiger partial charge in [0.15, 0.2) is 0 Å². The highest BCUT2D eigenvalue weighted by atomic mass is 16.2. The van der Waals surface area contributed by atoms with E-state index in [0.717, 1.165) is 25.8 Å². The summed E-state index contributed by atoms with van der Waals surface area (Å²) >= 11 is 0. The van der Waals surface area contributed by atoms with Gasteiger partial charge in [0.25, 0.3) is 0 Å². The molecule has 14 heavy (non-hydrogen) atoms. The molecule has 3 unspecified atom stereocenters. The van der Waals surface area contributed by atoms with Crippen LogP contribution in [0.15, 0.2) is 0 Å². The molecule has 0 spiro atoms. The highest BCUT2D eigenvalue weighted by Gasteiger charge is 2.30. The van der Waals surface area contributed by atoms with Gasteiger partial charge in [0.1, 0.15) is 0 Å². The summed E-state index contributed by atoms with van der Waals surface area (Å²) in [6, 6.07) is -0.186. The summed E-state index contributed by atoms with van der Waals surface area (Å²) in [6.07, 6.45) is 3.24. The van der Waals surface area contributed by atoms with Crippen molar-refractivity contribution < 1.29 is 4.79 Å². The number of hydrogen-bond donors (Lipinski definition) is 2. The van der Waals surface area contributed by atoms with Crippen LogP contribution in [-0.4, -0.2) is 35.5 Å². The third-order valence-corrected chi connectivity index (χ3v) is 2.83. The number of carbonyl (C=O) groups excluding carboxylic acids is 1. The molecule has 1 aliphatic heterocycles. The maximum atomic E-state index is 11.8. The van der Waals surface area contributed by atoms with Crippen LogP contribution in [-0.2, 0) is 4.79 Å². The molecule has 1 fully saturated rings. The molecule has 1 rings (SSSR count). The van der Waals surface area contributed by atoms with Crippen LogP contribution in [0, 0.1) is 0 Å². The third kappa shape index (κ3) is 2.45. The van der Waals surface area contributed by atoms with Crippen LogP contribution in [0.25, 0.3) is 0 Å². The van der Waals surface area contributed by atoms with E-state index in [2.05, 4.69) is 0 Å². The number of piperidine rings is 1. The van der Waals surface area contributed by atoms with Crippen molar-refractivity contribution in [1.29, 1.82) is 0 Å². The molecule has 1 heterocycles. The molecular formula is C10H21N3O. The minimum Gasteiger partial charge on any atom is -0.337 e. The van der Waals surface area contributed by atoms with E-state index < -0.39 is 6.04 Å². The Morgan fingerprint density at radius 2 is 2.00 bits per heavy atom. The molecule has 0 aliphatic carbocycles. The molecule has 0 aromatic rings. The van der Waals surface area contributed by atoms with E-state index in [1.165, 1.54) is 0 Å². The second kappa shape index (κ2) is 4.75. The maximum absolute atomic E-state index is 11.8. The Balaban J connectivity index is 2.67. The topological polar surface area (TPSA) is 72.4 Å². The Labute approximate surface area is 85.6 Å². The lowest BCUT2D eigenvalue weighted by Crippen LogP contribution is -2.55. The predicted octanol–water partition coefficient (Wildman–Crippen LogP) is 0.0619. The van der Waals surface area contributed by atoms with Gasteiger partial charge in [0.2, 0.25) is 5.91 Å². The summed E-state index contributed by atoms with van der Waals surface area (Å²) in [5.74, 6) is 0.0343. The van der Waals surface area contributed by atoms with Crippen molar-refractivity contribution in [3.63, 3.8) is 0 Å². The molecule has 1 amide bonds. The first kappa shape index (κ1) is 11.5. The Morgan fingerprint density at radius 1 is 1.36 bits per heavy atom. The summed E-state index contributed by atoms with van der Waals surface area (Å²) in [5, 5.41) is 0. The van der Waals surface area contributed by atoms with Gasteiger partial charge in [0.05, 0.1) is 6.04 Å². The SMILES string of the molecule is CC(N)C(=O)N1CCCCC1C(C)N. The first-order chi connectivity index (χ1) is 6.54. The lowest BCUT2D eigenvalue weighted by Gasteiger charge is -2.38. The number of nitrogens with two attached hydrogens (primary N) is 2. The van der Waals surface area contributed by atoms with E-state index in [1.807, 2.05) is 11.8 Å². The summed E-state index contributed by atoms with van der Waals surface area (Å²) < 4.78 is 0. The average Bonchev–Trinajstić information content (AvgIpc) is 2.16. The van der Waals surface area contributed by atoms with Crippen molar-refractivity contribution in [3.05, 3.63) is 0 Å². The highest BCUT2D eigenvalue weighted by Crippen LogP contribution is 2.19. The van der Waals surface area contributed by atoms with Gasteiger partial charge in [-0.3, -0.25) is 4.79 Å². The Morgan fingerprint density at radius 3 is 2.50 bits per heavy atom. The number of nitrogens with zero attached hydrogens (tertiary/aromatic N) is 1. The van der Waals surface area contributed by atoms with E-state index in [0.29, 0.717) is 0 Å². The number of carbonyl (C=O) groups is 1. The molecule has 0 aromatic heterocycles. The predicted molar refractivity (Wildman–Crippen MR) is 56.7 cm³/mol. The molecule has 1 saturated heterocycles. The number of hydrogen-bond acceptors (Lipinski definition) is 3. The first-order valence-corrected chi connectivity index (χ1v) is 5.35. The van der Waals surface area contributed by atoms with Crippen molar-refractivity contribution in [1.82, 2.24) is 4.90 Å². The fourth-order valence-corrected chi connectivity index (χ4v) is 2.04. The molecule has 0 saturated carbocycles. The minimum absolute atomic E-state index is 0.0343. The highest BCUT2D eigenvalue weighted by molar-refractivity contribution is 5.81. The van der Waals surface area contributed by atoms with Crippen LogP contribution in [0.5, 0.6) is 0 Å². The normalized spacial score (nSPS) is 27.1. The van der Waals surface area contributed by atoms with Crippen molar-refractivity contribution in [2.24, 2.45) is 11.5 Å². The van der Waals surface area contributed by atoms with Crippen LogP contribution in [0.2, 0.25) is 0 Å². The van der Waals surface area contributed by atoms with E-state index in [9.17, 15) is 4.79 Å². The molecule has 3 atom stereocenters. The zero-order valence-electron chi connectivity index (χ0n) is 9.07. The largest absolute Gasteiger partial charge is 0.337 e. The van der Waals surface area contributed by atoms with Gasteiger partial charge in [-0.1, -0.05) is 0 Å². The Kier molecular flexibility index (Phi) is 3.89. The van der Waals surface area contributed by atoms with Gasteiger partial charge in [-0.15, -0.1) is 0 Å². The van der Waals surface area contributed by atoms with Gasteiger partial charge in [-0.25, -0.2) is 0 Å². The number of rotatable bonds is 2. The van der Waals surface area contributed by atoms with Crippen LogP contribution in [0.3, 0.4) is 0 Å². The van der Waals surface area contributed by atoms with Crippen molar-refractivity contribution in [3.8, 4) is 0 Å². The van der Waals surface area contributed by atoms with Crippen molar-refractivity contribution in [2.45, 2.75) is 51.2 Å². The third-order valence-electron chi connectivity index (χ3n) is 2.83. The lowest BCUT2D eigenvalue weighted by molar-refractivity contribution is -0.136. The van der Waals surface area contributed by atoms with Crippen LogP contribution in [0.1, 0.15) is 33.1 Å². The van der Waals surface area contributed by atoms with Crippen molar-refractivity contribution in [2.75, 3.05) is 6.54 Å². The Bertz CT molecular complexity index is 204. The fraction of sp³-hybridized carbons (Fsp3) is 0.900. The molecule has 4 heteroatoms. The fourth-order valence-electron chi connectivity index (χ4n) is 2.04. The lowest BCUT2D eigenvalue weighted by atomic mass is 9.96. The zero-order valence-corrected chi connectivity index (χ0v) is 9.07. The summed E-state index contributed by atoms with van der Waals surface area (Å²) in [4.78, 5) is 13.6. The summed E-state index contributed by atoms with van der Waals surface area (Å²) in [7, 11) is 0. The van der Waals surface area contributed by atoms with Crippen LogP contribution in [0.4, 0.5) is 0 Å². The molecule has 82 valence electrons. The number of amides is 1. The van der Waals surface area contributed by atoms with Crippen molar-refractivity contribution >= 4 is 5.91 Å². The maximum Gasteiger partial charge on any atom is 0.239 e. The van der Waals surface area contributed by atoms with E-state index in [-0.39, 0.29) is 18.0 Å². The Hall–Kier alpha value is -0.610. The van der Waals surface area contributed by atoms with Gasteiger partial charge in [0, 0.05) is 18.6 Å². The van der Waals surface area contributed by atoms with Gasteiger partial charge in [-0.05, 0) is 33.1 Å². The molecule has 4 nitrogen and oxygen atoms in total.